The molecule has 8 heteroatoms. The number of benzene rings is 1. The van der Waals surface area contributed by atoms with E-state index in [0.29, 0.717) is 10.6 Å². The molecule has 0 saturated heterocycles. The second-order valence-corrected chi connectivity index (χ2v) is 6.75. The maximum Gasteiger partial charge on any atom is 0.242 e. The summed E-state index contributed by atoms with van der Waals surface area (Å²) in [6, 6.07) is 6.32. The summed E-state index contributed by atoms with van der Waals surface area (Å²) in [5, 5.41) is 0.386. The van der Waals surface area contributed by atoms with Crippen LogP contribution in [0.15, 0.2) is 41.6 Å². The van der Waals surface area contributed by atoms with Crippen LogP contribution in [-0.4, -0.2) is 13.4 Å². The van der Waals surface area contributed by atoms with Gasteiger partial charge in [0.25, 0.3) is 0 Å². The highest BCUT2D eigenvalue weighted by Gasteiger charge is 2.20. The summed E-state index contributed by atoms with van der Waals surface area (Å²) in [6.07, 6.45) is 3.19. The van der Waals surface area contributed by atoms with Gasteiger partial charge in [0.15, 0.2) is 0 Å². The summed E-state index contributed by atoms with van der Waals surface area (Å²) in [4.78, 5) is 3.88. The number of hydrogen-bond donors (Lipinski definition) is 2. The van der Waals surface area contributed by atoms with Gasteiger partial charge in [-0.05, 0) is 23.8 Å². The van der Waals surface area contributed by atoms with E-state index < -0.39 is 10.0 Å². The van der Waals surface area contributed by atoms with Crippen molar-refractivity contribution in [2.24, 2.45) is 5.73 Å². The molecule has 0 bridgehead atoms. The van der Waals surface area contributed by atoms with E-state index in [0.717, 1.165) is 5.56 Å². The first-order chi connectivity index (χ1) is 9.95. The second kappa shape index (κ2) is 6.72. The van der Waals surface area contributed by atoms with E-state index in [1.54, 1.807) is 24.5 Å². The Morgan fingerprint density at radius 3 is 2.62 bits per heavy atom. The Hall–Kier alpha value is -1.18. The molecule has 1 aromatic carbocycles. The van der Waals surface area contributed by atoms with Gasteiger partial charge in [0.05, 0.1) is 5.02 Å². The third-order valence-corrected chi connectivity index (χ3v) is 5.17. The van der Waals surface area contributed by atoms with Crippen LogP contribution in [0.5, 0.6) is 0 Å². The molecule has 112 valence electrons. The lowest BCUT2D eigenvalue weighted by molar-refractivity contribution is 0.581. The summed E-state index contributed by atoms with van der Waals surface area (Å²) in [5.74, 6) is 0. The van der Waals surface area contributed by atoms with Crippen molar-refractivity contribution in [1.82, 2.24) is 9.71 Å². The van der Waals surface area contributed by atoms with Crippen molar-refractivity contribution in [3.8, 4) is 0 Å². The van der Waals surface area contributed by atoms with Crippen molar-refractivity contribution >= 4 is 33.2 Å². The number of nitrogens with zero attached hydrogens (tertiary/aromatic N) is 1. The summed E-state index contributed by atoms with van der Waals surface area (Å²) < 4.78 is 27.1. The third-order valence-electron chi connectivity index (χ3n) is 2.83. The smallest absolute Gasteiger partial charge is 0.242 e. The van der Waals surface area contributed by atoms with Gasteiger partial charge in [0.1, 0.15) is 4.90 Å². The zero-order valence-electron chi connectivity index (χ0n) is 10.9. The summed E-state index contributed by atoms with van der Waals surface area (Å²) >= 11 is 12.0. The summed E-state index contributed by atoms with van der Waals surface area (Å²) in [7, 11) is -3.76. The van der Waals surface area contributed by atoms with E-state index in [1.807, 2.05) is 0 Å². The number of pyridine rings is 1. The Morgan fingerprint density at radius 1 is 1.24 bits per heavy atom. The van der Waals surface area contributed by atoms with E-state index in [9.17, 15) is 8.42 Å². The molecule has 21 heavy (non-hydrogen) atoms. The van der Waals surface area contributed by atoms with E-state index in [4.69, 9.17) is 28.9 Å². The lowest BCUT2D eigenvalue weighted by Crippen LogP contribution is -2.24. The molecule has 0 amide bonds. The fourth-order valence-electron chi connectivity index (χ4n) is 1.73. The zero-order chi connectivity index (χ0) is 15.5. The number of aromatic nitrogens is 1. The van der Waals surface area contributed by atoms with E-state index in [-0.39, 0.29) is 23.0 Å². The van der Waals surface area contributed by atoms with E-state index in [1.165, 1.54) is 12.1 Å². The molecule has 0 aliphatic carbocycles. The van der Waals surface area contributed by atoms with Gasteiger partial charge in [0.2, 0.25) is 10.0 Å². The number of nitrogens with one attached hydrogen (secondary N) is 1. The standard InChI is InChI=1S/C13H13Cl2N3O2S/c14-11-3-4-12(13(15)10(11)6-16)21(19,20)18-8-9-2-1-5-17-7-9/h1-5,7,18H,6,8,16H2. The molecule has 0 aliphatic heterocycles. The monoisotopic (exact) mass is 345 g/mol. The molecule has 5 nitrogen and oxygen atoms in total. The SMILES string of the molecule is NCc1c(Cl)ccc(S(=O)(=O)NCc2cccnc2)c1Cl. The molecule has 1 aromatic heterocycles. The fourth-order valence-corrected chi connectivity index (χ4v) is 3.68. The number of rotatable bonds is 5. The third kappa shape index (κ3) is 3.72. The van der Waals surface area contributed by atoms with Crippen LogP contribution in [0.4, 0.5) is 0 Å². The highest BCUT2D eigenvalue weighted by atomic mass is 35.5. The van der Waals surface area contributed by atoms with Crippen molar-refractivity contribution in [1.29, 1.82) is 0 Å². The van der Waals surface area contributed by atoms with Crippen LogP contribution < -0.4 is 10.5 Å². The number of hydrogen-bond acceptors (Lipinski definition) is 4. The Balaban J connectivity index is 2.28. The minimum Gasteiger partial charge on any atom is -0.326 e. The molecule has 2 rings (SSSR count). The molecular formula is C13H13Cl2N3O2S. The fraction of sp³-hybridized carbons (Fsp3) is 0.154. The molecule has 0 fully saturated rings. The molecule has 0 spiro atoms. The van der Waals surface area contributed by atoms with E-state index >= 15 is 0 Å². The molecule has 0 unspecified atom stereocenters. The summed E-state index contributed by atoms with van der Waals surface area (Å²) in [6.45, 7) is 0.177. The van der Waals surface area contributed by atoms with Gasteiger partial charge >= 0.3 is 0 Å². The number of nitrogens with two attached hydrogens (primary N) is 1. The van der Waals surface area contributed by atoms with Crippen molar-refractivity contribution in [2.75, 3.05) is 0 Å². The van der Waals surface area contributed by atoms with E-state index in [2.05, 4.69) is 9.71 Å². The molecular weight excluding hydrogens is 333 g/mol. The Bertz CT molecular complexity index is 737. The maximum atomic E-state index is 12.3. The maximum absolute atomic E-state index is 12.3. The lowest BCUT2D eigenvalue weighted by atomic mass is 10.2. The van der Waals surface area contributed by atoms with Crippen molar-refractivity contribution in [3.63, 3.8) is 0 Å². The van der Waals surface area contributed by atoms with Gasteiger partial charge in [-0.3, -0.25) is 4.98 Å². The van der Waals surface area contributed by atoms with Crippen molar-refractivity contribution < 1.29 is 8.42 Å². The highest BCUT2D eigenvalue weighted by molar-refractivity contribution is 7.89. The normalized spacial score (nSPS) is 11.6. The molecule has 2 aromatic rings. The number of halogens is 2. The van der Waals surface area contributed by atoms with Gasteiger partial charge in [-0.25, -0.2) is 13.1 Å². The van der Waals surface area contributed by atoms with Crippen LogP contribution in [0.1, 0.15) is 11.1 Å². The lowest BCUT2D eigenvalue weighted by Gasteiger charge is -2.12. The first-order valence-electron chi connectivity index (χ1n) is 6.01. The van der Waals surface area contributed by atoms with Gasteiger partial charge in [0, 0.05) is 36.1 Å². The molecule has 0 radical (unpaired) electrons. The van der Waals surface area contributed by atoms with Crippen LogP contribution >= 0.6 is 23.2 Å². The number of sulfonamides is 1. The highest BCUT2D eigenvalue weighted by Crippen LogP contribution is 2.30. The largest absolute Gasteiger partial charge is 0.326 e. The quantitative estimate of drug-likeness (QED) is 0.870. The Morgan fingerprint density at radius 2 is 2.00 bits per heavy atom. The molecule has 0 saturated carbocycles. The predicted molar refractivity (Wildman–Crippen MR) is 82.6 cm³/mol. The van der Waals surface area contributed by atoms with Gasteiger partial charge in [-0.2, -0.15) is 0 Å². The molecule has 1 heterocycles. The van der Waals surface area contributed by atoms with Crippen LogP contribution in [0.25, 0.3) is 0 Å². The predicted octanol–water partition coefficient (Wildman–Crippen LogP) is 2.33. The van der Waals surface area contributed by atoms with Gasteiger partial charge in [-0.15, -0.1) is 0 Å². The molecule has 0 aliphatic rings. The molecule has 0 atom stereocenters. The zero-order valence-corrected chi connectivity index (χ0v) is 13.2. The van der Waals surface area contributed by atoms with Crippen LogP contribution in [0, 0.1) is 0 Å². The van der Waals surface area contributed by atoms with Crippen LogP contribution in [0.2, 0.25) is 10.0 Å². The van der Waals surface area contributed by atoms with Gasteiger partial charge < -0.3 is 5.73 Å². The minimum atomic E-state index is -3.76. The average molecular weight is 346 g/mol. The summed E-state index contributed by atoms with van der Waals surface area (Å²) in [5.41, 5.74) is 6.68. The minimum absolute atomic E-state index is 0.0436. The second-order valence-electron chi connectivity index (χ2n) is 4.23. The topological polar surface area (TPSA) is 85.1 Å². The first-order valence-corrected chi connectivity index (χ1v) is 8.25. The van der Waals surface area contributed by atoms with Crippen LogP contribution in [-0.2, 0) is 23.1 Å². The molecule has 3 N–H and O–H groups in total. The Kier molecular flexibility index (Phi) is 5.18. The Labute approximate surface area is 133 Å². The van der Waals surface area contributed by atoms with Crippen molar-refractivity contribution in [3.05, 3.63) is 57.8 Å². The first kappa shape index (κ1) is 16.2. The van der Waals surface area contributed by atoms with Crippen LogP contribution in [0.3, 0.4) is 0 Å². The van der Waals surface area contributed by atoms with Crippen molar-refractivity contribution in [2.45, 2.75) is 18.0 Å². The van der Waals surface area contributed by atoms with Gasteiger partial charge in [-0.1, -0.05) is 29.3 Å². The average Bonchev–Trinajstić information content (AvgIpc) is 2.46.